The van der Waals surface area contributed by atoms with Gasteiger partial charge in [-0.2, -0.15) is 0 Å². The van der Waals surface area contributed by atoms with Gasteiger partial charge in [0, 0.05) is 0 Å². The summed E-state index contributed by atoms with van der Waals surface area (Å²) in [6.07, 6.45) is -19.6. The SMILES string of the molecule is O=C([O-])C1OC(OC2C(COSOO[O-])OC(CO)C2OS(=O)(=O)[O-])C(OS(=O)(=O)[O-])C(OSOO[O-])C1OSOO[O-]. The fourth-order valence-corrected chi connectivity index (χ4v) is 5.44. The lowest BCUT2D eigenvalue weighted by Gasteiger charge is -2.45. The number of aliphatic hydroxyl groups excluding tert-OH is 1. The molecule has 2 rings (SSSR count). The molecule has 0 radical (unpaired) electrons. The third kappa shape index (κ3) is 12.7. The summed E-state index contributed by atoms with van der Waals surface area (Å²) in [5, 5.41) is 60.8. The standard InChI is InChI=1S/C12H20O26S5/c13-1-3-6(31-42(19,20)21)5(4(26-3)2-25-39-36-33-16)27-12-10(32-43(22,23)24)8(30-41-38-35-18)7(29-40-37-34-17)9(28-12)11(14)15/h3-10,12-13,16-18H,1-2H2,(H,14,15)(H,19,20,21)(H,22,23,24)/p-6. The highest BCUT2D eigenvalue weighted by molar-refractivity contribution is 7.90. The van der Waals surface area contributed by atoms with Gasteiger partial charge in [-0.3, -0.25) is 36.0 Å². The Labute approximate surface area is 251 Å². The zero-order chi connectivity index (χ0) is 32.2. The maximum absolute atomic E-state index is 11.9. The highest BCUT2D eigenvalue weighted by Gasteiger charge is 2.55. The summed E-state index contributed by atoms with van der Waals surface area (Å²) in [6, 6.07) is 0. The Kier molecular flexibility index (Phi) is 16.9. The average molecular weight is 735 g/mol. The summed E-state index contributed by atoms with van der Waals surface area (Å²) in [5.41, 5.74) is 0. The Morgan fingerprint density at radius 2 is 1.28 bits per heavy atom. The maximum atomic E-state index is 11.9. The van der Waals surface area contributed by atoms with Gasteiger partial charge in [0.1, 0.15) is 42.7 Å². The lowest BCUT2D eigenvalue weighted by atomic mass is 9.98. The van der Waals surface area contributed by atoms with Crippen LogP contribution in [0.1, 0.15) is 0 Å². The van der Waals surface area contributed by atoms with E-state index in [1.807, 2.05) is 0 Å². The van der Waals surface area contributed by atoms with Gasteiger partial charge in [0.2, 0.25) is 20.8 Å². The third-order valence-corrected chi connectivity index (χ3v) is 6.89. The Hall–Kier alpha value is -0.380. The monoisotopic (exact) mass is 734 g/mol. The maximum Gasteiger partial charge on any atom is 0.218 e. The van der Waals surface area contributed by atoms with Crippen molar-refractivity contribution in [2.45, 2.75) is 55.1 Å². The van der Waals surface area contributed by atoms with Gasteiger partial charge in [-0.1, -0.05) is 0 Å². The first-order valence-electron chi connectivity index (χ1n) is 10.1. The fraction of sp³-hybridized carbons (Fsp3) is 0.917. The number of carbonyl (C=O) groups is 1. The normalized spacial score (nSPS) is 31.8. The molecule has 0 amide bonds. The molecule has 0 bridgehead atoms. The number of carboxylic acid groups (broad SMARTS) is 1. The largest absolute Gasteiger partial charge is 0.726 e. The predicted molar refractivity (Wildman–Crippen MR) is 108 cm³/mol. The highest BCUT2D eigenvalue weighted by atomic mass is 32.3. The number of carbonyl (C=O) groups excluding carboxylic acids is 1. The molecule has 2 saturated heterocycles. The minimum atomic E-state index is -5.83. The Balaban J connectivity index is 2.54. The van der Waals surface area contributed by atoms with E-state index in [1.54, 1.807) is 0 Å². The lowest BCUT2D eigenvalue weighted by molar-refractivity contribution is -0.778. The van der Waals surface area contributed by atoms with E-state index in [-0.39, 0.29) is 24.6 Å². The van der Waals surface area contributed by atoms with Gasteiger partial charge >= 0.3 is 0 Å². The molecule has 9 unspecified atom stereocenters. The van der Waals surface area contributed by atoms with Crippen LogP contribution in [0.4, 0.5) is 0 Å². The number of ether oxygens (including phenoxy) is 3. The summed E-state index contributed by atoms with van der Waals surface area (Å²) in [7, 11) is -11.5. The van der Waals surface area contributed by atoms with Crippen molar-refractivity contribution in [3.8, 4) is 0 Å². The number of aliphatic hydroxyl groups is 1. The highest BCUT2D eigenvalue weighted by Crippen LogP contribution is 2.37. The second kappa shape index (κ2) is 18.7. The van der Waals surface area contributed by atoms with E-state index < -0.39 is 107 Å². The molecule has 2 aliphatic heterocycles. The van der Waals surface area contributed by atoms with E-state index in [0.29, 0.717) is 0 Å². The van der Waals surface area contributed by atoms with E-state index in [9.17, 15) is 56.7 Å². The third-order valence-electron chi connectivity index (χ3n) is 4.81. The molecule has 0 aliphatic carbocycles. The number of hydrogen-bond donors (Lipinski definition) is 1. The first-order valence-corrected chi connectivity index (χ1v) is 14.8. The first kappa shape index (κ1) is 38.8. The summed E-state index contributed by atoms with van der Waals surface area (Å²) >= 11 is -0.908. The molecule has 0 aromatic heterocycles. The van der Waals surface area contributed by atoms with E-state index in [4.69, 9.17) is 26.8 Å². The summed E-state index contributed by atoms with van der Waals surface area (Å²) in [6.45, 7) is -1.87. The van der Waals surface area contributed by atoms with Crippen LogP contribution in [0.5, 0.6) is 0 Å². The second-order valence-electron chi connectivity index (χ2n) is 7.20. The Morgan fingerprint density at radius 1 is 0.744 bits per heavy atom. The van der Waals surface area contributed by atoms with Crippen LogP contribution < -0.4 is 20.9 Å². The topological polar surface area (TPSA) is 373 Å². The van der Waals surface area contributed by atoms with E-state index in [0.717, 1.165) is 0 Å². The van der Waals surface area contributed by atoms with Gasteiger partial charge in [0.15, 0.2) is 49.4 Å². The van der Waals surface area contributed by atoms with Crippen molar-refractivity contribution >= 4 is 63.7 Å². The molecule has 43 heavy (non-hydrogen) atoms. The van der Waals surface area contributed by atoms with Crippen LogP contribution >= 0.6 is 37.0 Å². The molecule has 1 N–H and O–H groups in total. The molecule has 31 heteroatoms. The molecule has 0 aromatic carbocycles. The van der Waals surface area contributed by atoms with E-state index >= 15 is 0 Å². The molecule has 0 saturated carbocycles. The fourth-order valence-electron chi connectivity index (χ4n) is 3.49. The van der Waals surface area contributed by atoms with Gasteiger partial charge in [0.05, 0.1) is 19.2 Å². The average Bonchev–Trinajstić information content (AvgIpc) is 3.22. The number of hydrogen-bond acceptors (Lipinski definition) is 29. The molecule has 254 valence electrons. The Morgan fingerprint density at radius 3 is 1.79 bits per heavy atom. The first-order chi connectivity index (χ1) is 20.3. The quantitative estimate of drug-likeness (QED) is 0.0286. The van der Waals surface area contributed by atoms with Crippen LogP contribution in [-0.2, 0) is 88.8 Å². The molecular formula is C12H14O26S5-6. The minimum absolute atomic E-state index is 0.108. The molecule has 9 atom stereocenters. The molecule has 26 nitrogen and oxygen atoms in total. The number of carboxylic acids is 1. The molecule has 2 aliphatic rings. The molecule has 0 aromatic rings. The summed E-state index contributed by atoms with van der Waals surface area (Å²) in [4.78, 5) is 11.9. The second-order valence-corrected chi connectivity index (χ2v) is 10.7. The Bertz CT molecular complexity index is 1040. The van der Waals surface area contributed by atoms with E-state index in [1.165, 1.54) is 0 Å². The van der Waals surface area contributed by atoms with Crippen molar-refractivity contribution in [3.05, 3.63) is 0 Å². The molecule has 0 spiro atoms. The van der Waals surface area contributed by atoms with Gasteiger partial charge in [-0.15, -0.1) is 13.0 Å². The van der Waals surface area contributed by atoms with Crippen molar-refractivity contribution in [2.75, 3.05) is 13.2 Å². The van der Waals surface area contributed by atoms with Crippen LogP contribution in [0.25, 0.3) is 0 Å². The number of aliphatic carboxylic acids is 1. The van der Waals surface area contributed by atoms with Crippen molar-refractivity contribution in [1.29, 1.82) is 0 Å². The van der Waals surface area contributed by atoms with Crippen molar-refractivity contribution in [3.63, 3.8) is 0 Å². The predicted octanol–water partition coefficient (Wildman–Crippen LogP) is -7.56. The number of rotatable bonds is 21. The van der Waals surface area contributed by atoms with E-state index in [2.05, 4.69) is 36.5 Å². The minimum Gasteiger partial charge on any atom is -0.726 e. The van der Waals surface area contributed by atoms with Crippen molar-refractivity contribution in [2.24, 2.45) is 0 Å². The van der Waals surface area contributed by atoms with Crippen LogP contribution in [0.2, 0.25) is 0 Å². The summed E-state index contributed by atoms with van der Waals surface area (Å²) < 4.78 is 119. The smallest absolute Gasteiger partial charge is 0.218 e. The molecule has 2 fully saturated rings. The van der Waals surface area contributed by atoms with Gasteiger partial charge < -0.3 is 54.1 Å². The van der Waals surface area contributed by atoms with Gasteiger partial charge in [-0.05, 0) is 0 Å². The van der Waals surface area contributed by atoms with Gasteiger partial charge in [-0.25, -0.2) is 16.8 Å². The van der Waals surface area contributed by atoms with Gasteiger partial charge in [0.25, 0.3) is 0 Å². The zero-order valence-corrected chi connectivity index (χ0v) is 23.9. The van der Waals surface area contributed by atoms with Crippen LogP contribution in [0, 0.1) is 0 Å². The van der Waals surface area contributed by atoms with Crippen LogP contribution in [0.15, 0.2) is 0 Å². The lowest BCUT2D eigenvalue weighted by Crippen LogP contribution is -2.65. The molecule has 2 heterocycles. The van der Waals surface area contributed by atoms with Crippen LogP contribution in [0.3, 0.4) is 0 Å². The van der Waals surface area contributed by atoms with Crippen molar-refractivity contribution in [1.82, 2.24) is 0 Å². The zero-order valence-electron chi connectivity index (χ0n) is 19.8. The molecular weight excluding hydrogens is 720 g/mol. The van der Waals surface area contributed by atoms with Crippen LogP contribution in [-0.4, -0.2) is 105 Å². The van der Waals surface area contributed by atoms with Crippen molar-refractivity contribution < 1.29 is 120 Å². The summed E-state index contributed by atoms with van der Waals surface area (Å²) in [5.74, 6) is -2.19.